The van der Waals surface area contributed by atoms with Gasteiger partial charge in [0.2, 0.25) is 0 Å². The number of rotatable bonds is 6. The van der Waals surface area contributed by atoms with E-state index in [0.717, 1.165) is 17.7 Å². The number of hydrogen-bond acceptors (Lipinski definition) is 3. The van der Waals surface area contributed by atoms with Crippen molar-refractivity contribution >= 4 is 6.09 Å². The molecule has 2 fully saturated rings. The van der Waals surface area contributed by atoms with Gasteiger partial charge in [-0.25, -0.2) is 9.18 Å². The lowest BCUT2D eigenvalue weighted by Gasteiger charge is -2.19. The molecule has 0 radical (unpaired) electrons. The number of benzene rings is 1. The second-order valence-electron chi connectivity index (χ2n) is 7.92. The quantitative estimate of drug-likeness (QED) is 0.846. The van der Waals surface area contributed by atoms with E-state index in [4.69, 9.17) is 9.47 Å². The van der Waals surface area contributed by atoms with Crippen molar-refractivity contribution in [1.29, 1.82) is 0 Å². The Morgan fingerprint density at radius 3 is 2.75 bits per heavy atom. The molecule has 1 aromatic carbocycles. The molecule has 2 saturated carbocycles. The minimum Gasteiger partial charge on any atom is -0.493 e. The highest BCUT2D eigenvalue weighted by atomic mass is 19.1. The van der Waals surface area contributed by atoms with Crippen LogP contribution in [0.4, 0.5) is 9.18 Å². The van der Waals surface area contributed by atoms with E-state index in [0.29, 0.717) is 25.0 Å². The molecule has 2 aliphatic carbocycles. The maximum Gasteiger partial charge on any atom is 0.407 e. The molecule has 24 heavy (non-hydrogen) atoms. The molecule has 1 amide bonds. The van der Waals surface area contributed by atoms with Crippen LogP contribution in [0.2, 0.25) is 0 Å². The van der Waals surface area contributed by atoms with Crippen LogP contribution in [0.15, 0.2) is 18.2 Å². The van der Waals surface area contributed by atoms with Gasteiger partial charge in [0.15, 0.2) is 0 Å². The average Bonchev–Trinajstić information content (AvgIpc) is 3.36. The first kappa shape index (κ1) is 17.1. The van der Waals surface area contributed by atoms with Crippen LogP contribution in [0, 0.1) is 17.7 Å². The summed E-state index contributed by atoms with van der Waals surface area (Å²) in [5.41, 5.74) is 0.422. The molecule has 4 nitrogen and oxygen atoms in total. The van der Waals surface area contributed by atoms with Crippen molar-refractivity contribution in [2.24, 2.45) is 11.8 Å². The van der Waals surface area contributed by atoms with Crippen LogP contribution in [0.1, 0.15) is 51.5 Å². The predicted octanol–water partition coefficient (Wildman–Crippen LogP) is 4.24. The molecule has 1 aromatic rings. The minimum absolute atomic E-state index is 0.241. The summed E-state index contributed by atoms with van der Waals surface area (Å²) in [6.07, 6.45) is 2.97. The fraction of sp³-hybridized carbons (Fsp3) is 0.632. The number of hydrogen-bond donors (Lipinski definition) is 1. The van der Waals surface area contributed by atoms with E-state index < -0.39 is 11.7 Å². The number of ether oxygens (including phenoxy) is 2. The average molecular weight is 335 g/mol. The first-order valence-corrected chi connectivity index (χ1v) is 8.71. The summed E-state index contributed by atoms with van der Waals surface area (Å²) in [5.74, 6) is 1.75. The lowest BCUT2D eigenvalue weighted by Crippen LogP contribution is -2.33. The molecule has 0 bridgehead atoms. The maximum atomic E-state index is 13.6. The normalized spacial score (nSPS) is 22.8. The molecule has 0 heterocycles. The maximum absolute atomic E-state index is 13.6. The molecule has 0 aromatic heterocycles. The van der Waals surface area contributed by atoms with E-state index in [9.17, 15) is 9.18 Å². The van der Waals surface area contributed by atoms with Gasteiger partial charge in [-0.1, -0.05) is 0 Å². The minimum atomic E-state index is -0.501. The molecule has 0 aliphatic heterocycles. The summed E-state index contributed by atoms with van der Waals surface area (Å²) >= 11 is 0. The van der Waals surface area contributed by atoms with Gasteiger partial charge in [-0.05, 0) is 76.0 Å². The third-order valence-electron chi connectivity index (χ3n) is 4.37. The van der Waals surface area contributed by atoms with Crippen molar-refractivity contribution in [2.45, 2.75) is 51.6 Å². The highest BCUT2D eigenvalue weighted by molar-refractivity contribution is 5.67. The van der Waals surface area contributed by atoms with Crippen LogP contribution in [0.3, 0.4) is 0 Å². The zero-order valence-electron chi connectivity index (χ0n) is 14.6. The van der Waals surface area contributed by atoms with Gasteiger partial charge in [-0.15, -0.1) is 0 Å². The highest BCUT2D eigenvalue weighted by Crippen LogP contribution is 2.50. The number of carbonyl (C=O) groups is 1. The second-order valence-corrected chi connectivity index (χ2v) is 7.92. The summed E-state index contributed by atoms with van der Waals surface area (Å²) in [4.78, 5) is 11.7. The zero-order valence-corrected chi connectivity index (χ0v) is 14.6. The number of carbonyl (C=O) groups excluding carboxylic acids is 1. The SMILES string of the molecule is CC(C)(C)OC(=O)NC[C@H]1C[C@@H]1c1cc(F)ccc1OCC1CC1. The fourth-order valence-corrected chi connectivity index (χ4v) is 2.82. The summed E-state index contributed by atoms with van der Waals surface area (Å²) in [7, 11) is 0. The van der Waals surface area contributed by atoms with Crippen molar-refractivity contribution in [3.8, 4) is 5.75 Å². The van der Waals surface area contributed by atoms with Crippen molar-refractivity contribution in [3.05, 3.63) is 29.6 Å². The molecule has 1 N–H and O–H groups in total. The van der Waals surface area contributed by atoms with E-state index in [1.54, 1.807) is 12.1 Å². The van der Waals surface area contributed by atoms with Crippen LogP contribution in [0.5, 0.6) is 5.75 Å². The van der Waals surface area contributed by atoms with E-state index in [-0.39, 0.29) is 11.7 Å². The molecule has 0 saturated heterocycles. The lowest BCUT2D eigenvalue weighted by molar-refractivity contribution is 0.0525. The first-order valence-electron chi connectivity index (χ1n) is 8.71. The van der Waals surface area contributed by atoms with Crippen LogP contribution < -0.4 is 10.1 Å². The Balaban J connectivity index is 1.54. The van der Waals surface area contributed by atoms with Crippen LogP contribution in [-0.2, 0) is 4.74 Å². The first-order chi connectivity index (χ1) is 11.3. The van der Waals surface area contributed by atoms with Gasteiger partial charge >= 0.3 is 6.09 Å². The molecule has 2 aliphatic rings. The molecular weight excluding hydrogens is 309 g/mol. The fourth-order valence-electron chi connectivity index (χ4n) is 2.82. The summed E-state index contributed by atoms with van der Waals surface area (Å²) in [6.45, 7) is 6.76. The van der Waals surface area contributed by atoms with Crippen molar-refractivity contribution < 1.29 is 18.7 Å². The van der Waals surface area contributed by atoms with Gasteiger partial charge in [0.05, 0.1) is 6.61 Å². The summed E-state index contributed by atoms with van der Waals surface area (Å²) < 4.78 is 24.7. The number of amides is 1. The van der Waals surface area contributed by atoms with Gasteiger partial charge < -0.3 is 14.8 Å². The molecule has 0 spiro atoms. The van der Waals surface area contributed by atoms with Gasteiger partial charge in [0.1, 0.15) is 17.2 Å². The standard InChI is InChI=1S/C19H26FNO3/c1-19(2,3)24-18(22)21-10-13-8-15(13)16-9-14(20)6-7-17(16)23-11-12-4-5-12/h6-7,9,12-13,15H,4-5,8,10-11H2,1-3H3,(H,21,22)/t13-,15+/m1/s1. The monoisotopic (exact) mass is 335 g/mol. The number of nitrogens with one attached hydrogen (secondary N) is 1. The molecule has 2 atom stereocenters. The third kappa shape index (κ3) is 4.86. The van der Waals surface area contributed by atoms with Crippen molar-refractivity contribution in [2.75, 3.05) is 13.2 Å². The van der Waals surface area contributed by atoms with Crippen molar-refractivity contribution in [3.63, 3.8) is 0 Å². The van der Waals surface area contributed by atoms with Gasteiger partial charge in [-0.3, -0.25) is 0 Å². The Kier molecular flexibility index (Phi) is 4.70. The Morgan fingerprint density at radius 1 is 1.33 bits per heavy atom. The zero-order chi connectivity index (χ0) is 17.3. The molecule has 3 rings (SSSR count). The second kappa shape index (κ2) is 6.61. The van der Waals surface area contributed by atoms with Crippen LogP contribution in [-0.4, -0.2) is 24.8 Å². The number of alkyl carbamates (subject to hydrolysis) is 1. The van der Waals surface area contributed by atoms with Gasteiger partial charge in [0.25, 0.3) is 0 Å². The summed E-state index contributed by atoms with van der Waals surface area (Å²) in [6, 6.07) is 4.74. The topological polar surface area (TPSA) is 47.6 Å². The molecule has 5 heteroatoms. The van der Waals surface area contributed by atoms with Crippen LogP contribution >= 0.6 is 0 Å². The molecule has 0 unspecified atom stereocenters. The van der Waals surface area contributed by atoms with E-state index in [1.807, 2.05) is 20.8 Å². The van der Waals surface area contributed by atoms with Gasteiger partial charge in [0, 0.05) is 12.1 Å². The lowest BCUT2D eigenvalue weighted by atomic mass is 10.1. The Labute approximate surface area is 142 Å². The third-order valence-corrected chi connectivity index (χ3v) is 4.37. The largest absolute Gasteiger partial charge is 0.493 e. The number of halogens is 1. The highest BCUT2D eigenvalue weighted by Gasteiger charge is 2.40. The Bertz CT molecular complexity index is 607. The predicted molar refractivity (Wildman–Crippen MR) is 89.7 cm³/mol. The molecule has 132 valence electrons. The van der Waals surface area contributed by atoms with Crippen LogP contribution in [0.25, 0.3) is 0 Å². The smallest absolute Gasteiger partial charge is 0.407 e. The van der Waals surface area contributed by atoms with Crippen molar-refractivity contribution in [1.82, 2.24) is 5.32 Å². The van der Waals surface area contributed by atoms with E-state index >= 15 is 0 Å². The van der Waals surface area contributed by atoms with E-state index in [1.165, 1.54) is 18.9 Å². The molecular formula is C19H26FNO3. The van der Waals surface area contributed by atoms with Gasteiger partial charge in [-0.2, -0.15) is 0 Å². The van der Waals surface area contributed by atoms with E-state index in [2.05, 4.69) is 5.32 Å². The summed E-state index contributed by atoms with van der Waals surface area (Å²) in [5, 5.41) is 2.80. The Morgan fingerprint density at radius 2 is 2.08 bits per heavy atom. The Hall–Kier alpha value is -1.78.